The van der Waals surface area contributed by atoms with Crippen LogP contribution in [0.4, 0.5) is 18.9 Å². The molecular formula is C16H11ClF3NO. The van der Waals surface area contributed by atoms with Gasteiger partial charge in [-0.05, 0) is 35.9 Å². The fraction of sp³-hybridized carbons (Fsp3) is 0.0625. The second-order valence-electron chi connectivity index (χ2n) is 4.42. The number of alkyl halides is 3. The number of halogens is 4. The summed E-state index contributed by atoms with van der Waals surface area (Å²) in [6, 6.07) is 11.5. The Hall–Kier alpha value is -2.27. The maximum Gasteiger partial charge on any atom is 0.418 e. The van der Waals surface area contributed by atoms with Crippen molar-refractivity contribution in [3.63, 3.8) is 0 Å². The molecular weight excluding hydrogens is 315 g/mol. The van der Waals surface area contributed by atoms with Gasteiger partial charge >= 0.3 is 6.18 Å². The number of amides is 1. The topological polar surface area (TPSA) is 29.1 Å². The van der Waals surface area contributed by atoms with Gasteiger partial charge in [0.15, 0.2) is 0 Å². The van der Waals surface area contributed by atoms with Crippen LogP contribution in [0, 0.1) is 0 Å². The molecule has 0 heterocycles. The van der Waals surface area contributed by atoms with Crippen molar-refractivity contribution < 1.29 is 18.0 Å². The summed E-state index contributed by atoms with van der Waals surface area (Å²) < 4.78 is 38.4. The van der Waals surface area contributed by atoms with Gasteiger partial charge in [-0.15, -0.1) is 0 Å². The molecule has 0 unspecified atom stereocenters. The first-order chi connectivity index (χ1) is 10.4. The summed E-state index contributed by atoms with van der Waals surface area (Å²) in [4.78, 5) is 11.7. The fourth-order valence-corrected chi connectivity index (χ4v) is 1.89. The summed E-state index contributed by atoms with van der Waals surface area (Å²) in [5.41, 5.74) is -0.451. The van der Waals surface area contributed by atoms with Gasteiger partial charge in [0.25, 0.3) is 0 Å². The Morgan fingerprint density at radius 2 is 1.68 bits per heavy atom. The molecule has 2 aromatic rings. The third kappa shape index (κ3) is 4.36. The standard InChI is InChI=1S/C16H11ClF3NO/c17-12-8-5-11(6-9-12)7-10-15(22)21-14-4-2-1-3-13(14)16(18,19)20/h1-10H,(H,21,22). The Labute approximate surface area is 130 Å². The van der Waals surface area contributed by atoms with Crippen molar-refractivity contribution in [2.75, 3.05) is 5.32 Å². The second kappa shape index (κ2) is 6.66. The van der Waals surface area contributed by atoms with Crippen molar-refractivity contribution >= 4 is 29.3 Å². The number of benzene rings is 2. The van der Waals surface area contributed by atoms with Crippen LogP contribution in [0.3, 0.4) is 0 Å². The van der Waals surface area contributed by atoms with Crippen LogP contribution in [0.2, 0.25) is 5.02 Å². The molecule has 0 aliphatic carbocycles. The van der Waals surface area contributed by atoms with Crippen LogP contribution >= 0.6 is 11.6 Å². The predicted octanol–water partition coefficient (Wildman–Crippen LogP) is 5.01. The molecule has 6 heteroatoms. The fourth-order valence-electron chi connectivity index (χ4n) is 1.76. The molecule has 0 saturated carbocycles. The molecule has 0 radical (unpaired) electrons. The van der Waals surface area contributed by atoms with E-state index in [2.05, 4.69) is 5.32 Å². The SMILES string of the molecule is O=C(C=Cc1ccc(Cl)cc1)Nc1ccccc1C(F)(F)F. The lowest BCUT2D eigenvalue weighted by atomic mass is 10.1. The number of anilines is 1. The van der Waals surface area contributed by atoms with Crippen molar-refractivity contribution in [1.29, 1.82) is 0 Å². The van der Waals surface area contributed by atoms with Gasteiger partial charge in [0.05, 0.1) is 11.3 Å². The van der Waals surface area contributed by atoms with Gasteiger partial charge in [0.1, 0.15) is 0 Å². The maximum atomic E-state index is 12.8. The molecule has 0 aliphatic heterocycles. The molecule has 0 fully saturated rings. The molecule has 1 amide bonds. The largest absolute Gasteiger partial charge is 0.418 e. The van der Waals surface area contributed by atoms with E-state index in [1.165, 1.54) is 24.3 Å². The Bertz CT molecular complexity index is 693. The number of nitrogens with one attached hydrogen (secondary N) is 1. The normalized spacial score (nSPS) is 11.6. The van der Waals surface area contributed by atoms with Crippen molar-refractivity contribution in [2.24, 2.45) is 0 Å². The van der Waals surface area contributed by atoms with Crippen LogP contribution in [0.25, 0.3) is 6.08 Å². The van der Waals surface area contributed by atoms with Crippen LogP contribution in [-0.4, -0.2) is 5.91 Å². The first-order valence-corrected chi connectivity index (χ1v) is 6.65. The summed E-state index contributed by atoms with van der Waals surface area (Å²) in [6.07, 6.45) is -1.87. The van der Waals surface area contributed by atoms with Gasteiger partial charge in [-0.3, -0.25) is 4.79 Å². The van der Waals surface area contributed by atoms with Gasteiger partial charge < -0.3 is 5.32 Å². The Kier molecular flexibility index (Phi) is 4.88. The van der Waals surface area contributed by atoms with Crippen molar-refractivity contribution in [3.05, 3.63) is 70.8 Å². The quantitative estimate of drug-likeness (QED) is 0.790. The highest BCUT2D eigenvalue weighted by atomic mass is 35.5. The zero-order chi connectivity index (χ0) is 16.2. The van der Waals surface area contributed by atoms with E-state index in [0.29, 0.717) is 10.6 Å². The van der Waals surface area contributed by atoms with E-state index in [1.807, 2.05) is 0 Å². The van der Waals surface area contributed by atoms with Crippen LogP contribution < -0.4 is 5.32 Å². The molecule has 1 N–H and O–H groups in total. The summed E-state index contributed by atoms with van der Waals surface area (Å²) in [7, 11) is 0. The number of carbonyl (C=O) groups is 1. The van der Waals surface area contributed by atoms with E-state index in [1.54, 1.807) is 24.3 Å². The molecule has 0 spiro atoms. The summed E-state index contributed by atoms with van der Waals surface area (Å²) in [5.74, 6) is -0.647. The van der Waals surface area contributed by atoms with Gasteiger partial charge in [-0.25, -0.2) is 0 Å². The first-order valence-electron chi connectivity index (χ1n) is 6.27. The Balaban J connectivity index is 2.11. The highest BCUT2D eigenvalue weighted by Gasteiger charge is 2.33. The number of hydrogen-bond acceptors (Lipinski definition) is 1. The lowest BCUT2D eigenvalue weighted by Crippen LogP contribution is -2.14. The number of carbonyl (C=O) groups excluding carboxylic acids is 1. The smallest absolute Gasteiger partial charge is 0.322 e. The minimum Gasteiger partial charge on any atom is -0.322 e. The molecule has 2 nitrogen and oxygen atoms in total. The Morgan fingerprint density at radius 1 is 1.05 bits per heavy atom. The number of para-hydroxylation sites is 1. The van der Waals surface area contributed by atoms with E-state index < -0.39 is 17.6 Å². The van der Waals surface area contributed by atoms with Gasteiger partial charge in [-0.2, -0.15) is 13.2 Å². The van der Waals surface area contributed by atoms with Gasteiger partial charge in [-0.1, -0.05) is 35.9 Å². The van der Waals surface area contributed by atoms with Crippen molar-refractivity contribution in [3.8, 4) is 0 Å². The molecule has 0 saturated heterocycles. The van der Waals surface area contributed by atoms with Crippen molar-refractivity contribution in [2.45, 2.75) is 6.18 Å². The highest BCUT2D eigenvalue weighted by Crippen LogP contribution is 2.34. The zero-order valence-corrected chi connectivity index (χ0v) is 11.9. The van der Waals surface area contributed by atoms with Gasteiger partial charge in [0, 0.05) is 11.1 Å². The lowest BCUT2D eigenvalue weighted by molar-refractivity contribution is -0.136. The average molecular weight is 326 g/mol. The molecule has 0 bridgehead atoms. The third-order valence-corrected chi connectivity index (χ3v) is 3.04. The summed E-state index contributed by atoms with van der Waals surface area (Å²) in [5, 5.41) is 2.78. The van der Waals surface area contributed by atoms with E-state index in [9.17, 15) is 18.0 Å². The van der Waals surface area contributed by atoms with Gasteiger partial charge in [0.2, 0.25) is 5.91 Å². The maximum absolute atomic E-state index is 12.8. The third-order valence-electron chi connectivity index (χ3n) is 2.79. The average Bonchev–Trinajstić information content (AvgIpc) is 2.46. The van der Waals surface area contributed by atoms with Crippen LogP contribution in [-0.2, 0) is 11.0 Å². The minimum atomic E-state index is -4.52. The highest BCUT2D eigenvalue weighted by molar-refractivity contribution is 6.30. The number of hydrogen-bond donors (Lipinski definition) is 1. The van der Waals surface area contributed by atoms with E-state index in [0.717, 1.165) is 12.1 Å². The van der Waals surface area contributed by atoms with E-state index in [-0.39, 0.29) is 5.69 Å². The van der Waals surface area contributed by atoms with Crippen LogP contribution in [0.15, 0.2) is 54.6 Å². The number of rotatable bonds is 3. The Morgan fingerprint density at radius 3 is 2.32 bits per heavy atom. The zero-order valence-electron chi connectivity index (χ0n) is 11.2. The van der Waals surface area contributed by atoms with Crippen molar-refractivity contribution in [1.82, 2.24) is 0 Å². The van der Waals surface area contributed by atoms with E-state index >= 15 is 0 Å². The molecule has 0 atom stereocenters. The summed E-state index contributed by atoms with van der Waals surface area (Å²) in [6.45, 7) is 0. The van der Waals surface area contributed by atoms with Crippen LogP contribution in [0.1, 0.15) is 11.1 Å². The first kappa shape index (κ1) is 16.1. The molecule has 22 heavy (non-hydrogen) atoms. The van der Waals surface area contributed by atoms with E-state index in [4.69, 9.17) is 11.6 Å². The van der Waals surface area contributed by atoms with Crippen LogP contribution in [0.5, 0.6) is 0 Å². The lowest BCUT2D eigenvalue weighted by Gasteiger charge is -2.12. The molecule has 0 aliphatic rings. The second-order valence-corrected chi connectivity index (χ2v) is 4.85. The molecule has 2 aromatic carbocycles. The predicted molar refractivity (Wildman–Crippen MR) is 80.6 cm³/mol. The summed E-state index contributed by atoms with van der Waals surface area (Å²) >= 11 is 5.73. The monoisotopic (exact) mass is 325 g/mol. The molecule has 0 aromatic heterocycles. The minimum absolute atomic E-state index is 0.277. The molecule has 114 valence electrons. The molecule has 2 rings (SSSR count).